The zero-order valence-corrected chi connectivity index (χ0v) is 23.6. The lowest BCUT2D eigenvalue weighted by molar-refractivity contribution is -0.217. The number of hydroxylamine groups is 1. The highest BCUT2D eigenvalue weighted by Crippen LogP contribution is 2.43. The van der Waals surface area contributed by atoms with Gasteiger partial charge in [0.15, 0.2) is 0 Å². The molecule has 2 saturated carbocycles. The molecule has 0 radical (unpaired) electrons. The van der Waals surface area contributed by atoms with Crippen molar-refractivity contribution in [2.45, 2.75) is 62.1 Å². The second-order valence-corrected chi connectivity index (χ2v) is 13.1. The average molecular weight is 637 g/mol. The van der Waals surface area contributed by atoms with Crippen LogP contribution in [0.25, 0.3) is 0 Å². The SMILES string of the molecule is O=C(c1cc(C2CC2)c(CN2CCO[C@H](Cc3ccc(F)cc3Cl)C2)cc1F)N(OC(=O)C(F)(F)F)S(=O)(=O)C1CC1. The van der Waals surface area contributed by atoms with Crippen LogP contribution in [0.5, 0.6) is 0 Å². The van der Waals surface area contributed by atoms with Gasteiger partial charge in [-0.05, 0) is 72.6 Å². The zero-order valence-electron chi connectivity index (χ0n) is 22.0. The van der Waals surface area contributed by atoms with Gasteiger partial charge in [-0.25, -0.2) is 22.0 Å². The molecule has 42 heavy (non-hydrogen) atoms. The lowest BCUT2D eigenvalue weighted by atomic mass is 9.98. The first-order valence-electron chi connectivity index (χ1n) is 13.2. The van der Waals surface area contributed by atoms with E-state index in [9.17, 15) is 35.6 Å². The number of halogens is 6. The Morgan fingerprint density at radius 2 is 1.79 bits per heavy atom. The first kappa shape index (κ1) is 30.6. The van der Waals surface area contributed by atoms with Gasteiger partial charge in [-0.1, -0.05) is 22.1 Å². The minimum absolute atomic E-state index is 0.0539. The number of ether oxygens (including phenoxy) is 1. The van der Waals surface area contributed by atoms with Gasteiger partial charge in [0.1, 0.15) is 11.6 Å². The number of hydrogen-bond donors (Lipinski definition) is 0. The highest BCUT2D eigenvalue weighted by molar-refractivity contribution is 7.90. The van der Waals surface area contributed by atoms with Crippen molar-refractivity contribution in [2.75, 3.05) is 19.7 Å². The van der Waals surface area contributed by atoms with E-state index in [2.05, 4.69) is 4.84 Å². The maximum Gasteiger partial charge on any atom is 0.493 e. The Labute approximate surface area is 243 Å². The van der Waals surface area contributed by atoms with Gasteiger partial charge in [0.2, 0.25) is 0 Å². The molecule has 1 heterocycles. The number of hydrogen-bond acceptors (Lipinski definition) is 7. The summed E-state index contributed by atoms with van der Waals surface area (Å²) < 4.78 is 98.2. The number of rotatable bonds is 8. The molecular weight excluding hydrogens is 611 g/mol. The van der Waals surface area contributed by atoms with E-state index in [-0.39, 0.29) is 36.4 Å². The molecule has 0 bridgehead atoms. The van der Waals surface area contributed by atoms with Crippen LogP contribution in [0.3, 0.4) is 0 Å². The first-order valence-corrected chi connectivity index (χ1v) is 15.1. The molecule has 0 spiro atoms. The number of amides is 1. The van der Waals surface area contributed by atoms with E-state index in [1.807, 2.05) is 4.90 Å². The van der Waals surface area contributed by atoms with Crippen LogP contribution >= 0.6 is 11.6 Å². The second kappa shape index (κ2) is 11.7. The molecule has 0 aromatic heterocycles. The fourth-order valence-corrected chi connectivity index (χ4v) is 6.61. The van der Waals surface area contributed by atoms with E-state index >= 15 is 4.39 Å². The Balaban J connectivity index is 1.37. The van der Waals surface area contributed by atoms with Gasteiger partial charge in [-0.3, -0.25) is 9.69 Å². The third-order valence-corrected chi connectivity index (χ3v) is 9.66. The van der Waals surface area contributed by atoms with Crippen LogP contribution in [-0.4, -0.2) is 66.9 Å². The molecule has 5 rings (SSSR count). The van der Waals surface area contributed by atoms with Crippen LogP contribution in [0.4, 0.5) is 22.0 Å². The number of alkyl halides is 3. The third-order valence-electron chi connectivity index (χ3n) is 7.30. The molecule has 15 heteroatoms. The van der Waals surface area contributed by atoms with Gasteiger partial charge in [0.05, 0.1) is 23.5 Å². The van der Waals surface area contributed by atoms with Crippen LogP contribution in [0.15, 0.2) is 30.3 Å². The molecular formula is C27H26ClF5N2O6S. The Morgan fingerprint density at radius 3 is 2.40 bits per heavy atom. The highest BCUT2D eigenvalue weighted by Gasteiger charge is 2.50. The van der Waals surface area contributed by atoms with E-state index in [1.54, 1.807) is 6.07 Å². The molecule has 1 saturated heterocycles. The quantitative estimate of drug-likeness (QED) is 0.301. The van der Waals surface area contributed by atoms with Crippen LogP contribution in [0.2, 0.25) is 5.02 Å². The summed E-state index contributed by atoms with van der Waals surface area (Å²) in [5, 5.41) is -0.945. The second-order valence-electron chi connectivity index (χ2n) is 10.6. The van der Waals surface area contributed by atoms with E-state index < -0.39 is 55.0 Å². The minimum atomic E-state index is -5.59. The standard InChI is InChI=1S/C27H26ClF5N2O6S/c28-23-11-18(29)4-3-16(23)9-19-14-34(7-8-40-19)13-17-10-24(30)22(12-21(17)15-1-2-15)25(36)35(41-26(37)27(31,32)33)42(38,39)20-5-6-20/h3-4,10-12,15,19-20H,1-2,5-9,13-14H2/t19-/m1/s1. The maximum atomic E-state index is 15.4. The molecule has 1 amide bonds. The summed E-state index contributed by atoms with van der Waals surface area (Å²) in [6, 6.07) is 6.30. The summed E-state index contributed by atoms with van der Waals surface area (Å²) in [5.41, 5.74) is 0.964. The van der Waals surface area contributed by atoms with E-state index in [1.165, 1.54) is 12.1 Å². The van der Waals surface area contributed by atoms with Crippen molar-refractivity contribution in [3.63, 3.8) is 0 Å². The maximum absolute atomic E-state index is 15.4. The van der Waals surface area contributed by atoms with E-state index in [0.717, 1.165) is 12.1 Å². The Kier molecular flexibility index (Phi) is 8.54. The molecule has 2 aromatic rings. The van der Waals surface area contributed by atoms with Gasteiger partial charge < -0.3 is 9.57 Å². The number of sulfonamides is 1. The monoisotopic (exact) mass is 636 g/mol. The Bertz CT molecular complexity index is 1500. The van der Waals surface area contributed by atoms with Gasteiger partial charge in [-0.2, -0.15) is 13.2 Å². The topological polar surface area (TPSA) is 93.2 Å². The van der Waals surface area contributed by atoms with Crippen LogP contribution in [0.1, 0.15) is 58.6 Å². The van der Waals surface area contributed by atoms with Crippen LogP contribution in [-0.2, 0) is 37.4 Å². The summed E-state index contributed by atoms with van der Waals surface area (Å²) in [7, 11) is -4.81. The molecule has 2 aliphatic carbocycles. The lowest BCUT2D eigenvalue weighted by Gasteiger charge is -2.33. The van der Waals surface area contributed by atoms with Gasteiger partial charge in [-0.15, -0.1) is 0 Å². The predicted molar refractivity (Wildman–Crippen MR) is 139 cm³/mol. The predicted octanol–water partition coefficient (Wildman–Crippen LogP) is 4.89. The largest absolute Gasteiger partial charge is 0.493 e. The summed E-state index contributed by atoms with van der Waals surface area (Å²) in [6.45, 7) is 1.54. The first-order chi connectivity index (χ1) is 19.7. The Hall–Kier alpha value is -2.81. The molecule has 0 N–H and O–H groups in total. The molecule has 3 aliphatic rings. The summed E-state index contributed by atoms with van der Waals surface area (Å²) in [6.07, 6.45) is -3.92. The van der Waals surface area contributed by atoms with Crippen molar-refractivity contribution in [3.8, 4) is 0 Å². The van der Waals surface area contributed by atoms with Gasteiger partial charge in [0.25, 0.3) is 10.0 Å². The number of carbonyl (C=O) groups excluding carboxylic acids is 2. The highest BCUT2D eigenvalue weighted by atomic mass is 35.5. The Morgan fingerprint density at radius 1 is 1.07 bits per heavy atom. The summed E-state index contributed by atoms with van der Waals surface area (Å²) in [5.74, 6) is -6.32. The number of nitrogens with zero attached hydrogens (tertiary/aromatic N) is 2. The fraction of sp³-hybridized carbons (Fsp3) is 0.481. The number of carbonyl (C=O) groups is 2. The van der Waals surface area contributed by atoms with Crippen molar-refractivity contribution in [1.29, 1.82) is 0 Å². The fourth-order valence-electron chi connectivity index (χ4n) is 4.86. The van der Waals surface area contributed by atoms with Crippen molar-refractivity contribution >= 4 is 33.5 Å². The minimum Gasteiger partial charge on any atom is -0.375 e. The summed E-state index contributed by atoms with van der Waals surface area (Å²) in [4.78, 5) is 30.7. The van der Waals surface area contributed by atoms with Gasteiger partial charge in [0, 0.05) is 31.1 Å². The van der Waals surface area contributed by atoms with Gasteiger partial charge >= 0.3 is 18.1 Å². The normalized spacial score (nSPS) is 19.9. The van der Waals surface area contributed by atoms with E-state index in [0.29, 0.717) is 55.6 Å². The van der Waals surface area contributed by atoms with Crippen LogP contribution in [0, 0.1) is 11.6 Å². The molecule has 8 nitrogen and oxygen atoms in total. The number of morpholine rings is 1. The van der Waals surface area contributed by atoms with Crippen molar-refractivity contribution in [1.82, 2.24) is 9.37 Å². The van der Waals surface area contributed by atoms with Crippen molar-refractivity contribution < 1.29 is 49.5 Å². The summed E-state index contributed by atoms with van der Waals surface area (Å²) >= 11 is 6.15. The van der Waals surface area contributed by atoms with E-state index in [4.69, 9.17) is 16.3 Å². The smallest absolute Gasteiger partial charge is 0.375 e. The molecule has 228 valence electrons. The molecule has 3 fully saturated rings. The molecule has 1 atom stereocenters. The molecule has 2 aromatic carbocycles. The lowest BCUT2D eigenvalue weighted by Crippen LogP contribution is -2.44. The molecule has 1 aliphatic heterocycles. The molecule has 0 unspecified atom stereocenters. The van der Waals surface area contributed by atoms with Crippen LogP contribution < -0.4 is 0 Å². The zero-order chi connectivity index (χ0) is 30.4. The average Bonchev–Trinajstić information content (AvgIpc) is 3.81. The third kappa shape index (κ3) is 6.87. The van der Waals surface area contributed by atoms with Crippen molar-refractivity contribution in [3.05, 3.63) is 69.2 Å². The van der Waals surface area contributed by atoms with Crippen molar-refractivity contribution in [2.24, 2.45) is 0 Å². The number of benzene rings is 2.